The molecule has 0 aromatic carbocycles. The fraction of sp³-hybridized carbons (Fsp3) is 0.684. The van der Waals surface area contributed by atoms with Crippen molar-refractivity contribution in [1.82, 2.24) is 0 Å². The normalized spacial score (nSPS) is 40.5. The Morgan fingerprint density at radius 3 is 2.40 bits per heavy atom. The van der Waals surface area contributed by atoms with E-state index in [1.165, 1.54) is 6.08 Å². The van der Waals surface area contributed by atoms with Crippen LogP contribution >= 0.6 is 0 Å². The summed E-state index contributed by atoms with van der Waals surface area (Å²) in [6.45, 7) is 2.68. The Kier molecular flexibility index (Phi) is 8.48. The van der Waals surface area contributed by atoms with Crippen LogP contribution < -0.4 is 0 Å². The molecule has 1 saturated carbocycles. The number of aliphatic hydroxyl groups is 6. The van der Waals surface area contributed by atoms with Crippen molar-refractivity contribution in [3.63, 3.8) is 0 Å². The highest BCUT2D eigenvalue weighted by Gasteiger charge is 2.48. The number of nitriles is 1. The van der Waals surface area contributed by atoms with Crippen LogP contribution in [-0.4, -0.2) is 98.3 Å². The summed E-state index contributed by atoms with van der Waals surface area (Å²) in [5, 5.41) is 69.0. The Morgan fingerprint density at radius 1 is 1.17 bits per heavy atom. The number of ether oxygens (including phenoxy) is 3. The van der Waals surface area contributed by atoms with Gasteiger partial charge in [0.05, 0.1) is 18.8 Å². The van der Waals surface area contributed by atoms with E-state index in [4.69, 9.17) is 19.5 Å². The third kappa shape index (κ3) is 5.42. The monoisotopic (exact) mass is 429 g/mol. The standard InChI is InChI=1S/C19H27NO10/c1-8(2)5-13(22)28-11-6-10(9(3-4-20)14(23)15(11)24)29-19-18(27)17(26)16(25)12(7-21)30-19/h3,5,10-12,14-19,21,23-27H,6-7H2,1-2H3. The van der Waals surface area contributed by atoms with Crippen LogP contribution in [-0.2, 0) is 19.0 Å². The summed E-state index contributed by atoms with van der Waals surface area (Å²) in [4.78, 5) is 11.9. The lowest BCUT2D eigenvalue weighted by molar-refractivity contribution is -0.312. The molecule has 6 N–H and O–H groups in total. The lowest BCUT2D eigenvalue weighted by Gasteiger charge is -2.43. The van der Waals surface area contributed by atoms with Gasteiger partial charge in [-0.3, -0.25) is 0 Å². The molecule has 0 spiro atoms. The summed E-state index contributed by atoms with van der Waals surface area (Å²) < 4.78 is 16.1. The van der Waals surface area contributed by atoms with Crippen LogP contribution in [0.15, 0.2) is 23.3 Å². The van der Waals surface area contributed by atoms with Crippen LogP contribution in [0, 0.1) is 11.3 Å². The van der Waals surface area contributed by atoms with Gasteiger partial charge in [0.15, 0.2) is 6.29 Å². The first kappa shape index (κ1) is 24.4. The molecule has 0 radical (unpaired) electrons. The molecule has 1 saturated heterocycles. The van der Waals surface area contributed by atoms with Crippen molar-refractivity contribution in [2.24, 2.45) is 0 Å². The molecule has 11 nitrogen and oxygen atoms in total. The molecule has 168 valence electrons. The second-order valence-corrected chi connectivity index (χ2v) is 7.46. The highest BCUT2D eigenvalue weighted by atomic mass is 16.7. The zero-order valence-electron chi connectivity index (χ0n) is 16.5. The molecule has 30 heavy (non-hydrogen) atoms. The zero-order valence-corrected chi connectivity index (χ0v) is 16.5. The summed E-state index contributed by atoms with van der Waals surface area (Å²) in [5.41, 5.74) is 0.613. The Hall–Kier alpha value is -1.88. The van der Waals surface area contributed by atoms with Gasteiger partial charge < -0.3 is 44.8 Å². The number of hydrogen-bond acceptors (Lipinski definition) is 11. The Labute approximate surface area is 173 Å². The maximum absolute atomic E-state index is 11.9. The minimum atomic E-state index is -1.71. The number of rotatable bonds is 5. The summed E-state index contributed by atoms with van der Waals surface area (Å²) >= 11 is 0. The number of esters is 1. The molecule has 9 unspecified atom stereocenters. The first-order valence-electron chi connectivity index (χ1n) is 9.37. The van der Waals surface area contributed by atoms with Crippen LogP contribution in [0.4, 0.5) is 0 Å². The second-order valence-electron chi connectivity index (χ2n) is 7.46. The highest BCUT2D eigenvalue weighted by Crippen LogP contribution is 2.33. The molecule has 11 heteroatoms. The van der Waals surface area contributed by atoms with E-state index >= 15 is 0 Å². The Balaban J connectivity index is 2.24. The molecule has 0 bridgehead atoms. The van der Waals surface area contributed by atoms with Gasteiger partial charge in [-0.15, -0.1) is 0 Å². The van der Waals surface area contributed by atoms with Crippen molar-refractivity contribution in [3.8, 4) is 6.07 Å². The fourth-order valence-electron chi connectivity index (χ4n) is 3.34. The summed E-state index contributed by atoms with van der Waals surface area (Å²) in [7, 11) is 0. The average Bonchev–Trinajstić information content (AvgIpc) is 2.68. The first-order valence-corrected chi connectivity index (χ1v) is 9.37. The van der Waals surface area contributed by atoms with Crippen LogP contribution in [0.25, 0.3) is 0 Å². The molecule has 2 aliphatic rings. The van der Waals surface area contributed by atoms with E-state index in [0.717, 1.165) is 6.08 Å². The van der Waals surface area contributed by atoms with Crippen LogP contribution in [0.5, 0.6) is 0 Å². The molecule has 1 heterocycles. The first-order chi connectivity index (χ1) is 14.1. The zero-order chi connectivity index (χ0) is 22.6. The van der Waals surface area contributed by atoms with Crippen molar-refractivity contribution in [1.29, 1.82) is 5.26 Å². The molecule has 1 aliphatic heterocycles. The van der Waals surface area contributed by atoms with Crippen molar-refractivity contribution < 1.29 is 49.6 Å². The third-order valence-corrected chi connectivity index (χ3v) is 4.92. The molecule has 2 fully saturated rings. The van der Waals surface area contributed by atoms with Crippen molar-refractivity contribution >= 4 is 5.97 Å². The molecule has 0 aromatic heterocycles. The minimum absolute atomic E-state index is 0.0449. The third-order valence-electron chi connectivity index (χ3n) is 4.92. The second kappa shape index (κ2) is 10.4. The lowest BCUT2D eigenvalue weighted by Crippen LogP contribution is -2.60. The SMILES string of the molecule is CC(C)=CC(=O)OC1CC(OC2OC(CO)C(O)C(O)C2O)C(=CC#N)C(O)C1O. The van der Waals surface area contributed by atoms with Crippen molar-refractivity contribution in [2.75, 3.05) is 6.61 Å². The average molecular weight is 429 g/mol. The van der Waals surface area contributed by atoms with Crippen molar-refractivity contribution in [2.45, 2.75) is 75.4 Å². The lowest BCUT2D eigenvalue weighted by atomic mass is 9.84. The van der Waals surface area contributed by atoms with Gasteiger partial charge in [-0.2, -0.15) is 5.26 Å². The summed E-state index contributed by atoms with van der Waals surface area (Å²) in [5.74, 6) is -0.745. The maximum atomic E-state index is 11.9. The molecule has 2 rings (SSSR count). The quantitative estimate of drug-likeness (QED) is 0.155. The molecule has 9 atom stereocenters. The largest absolute Gasteiger partial charge is 0.456 e. The molecule has 0 aromatic rings. The van der Waals surface area contributed by atoms with Gasteiger partial charge in [-0.05, 0) is 13.8 Å². The molecule has 0 amide bonds. The predicted molar refractivity (Wildman–Crippen MR) is 98.3 cm³/mol. The number of aliphatic hydroxyl groups excluding tert-OH is 6. The Morgan fingerprint density at radius 2 is 1.83 bits per heavy atom. The number of carbonyl (C=O) groups excluding carboxylic acids is 1. The smallest absolute Gasteiger partial charge is 0.331 e. The summed E-state index contributed by atoms with van der Waals surface area (Å²) in [6, 6.07) is 1.72. The Bertz CT molecular complexity index is 711. The predicted octanol–water partition coefficient (Wildman–Crippen LogP) is -2.38. The van der Waals surface area contributed by atoms with Crippen LogP contribution in [0.2, 0.25) is 0 Å². The van der Waals surface area contributed by atoms with E-state index in [2.05, 4.69) is 0 Å². The van der Waals surface area contributed by atoms with Gasteiger partial charge in [0.25, 0.3) is 0 Å². The van der Waals surface area contributed by atoms with E-state index < -0.39 is 67.7 Å². The number of allylic oxidation sites excluding steroid dienone is 2. The van der Waals surface area contributed by atoms with Gasteiger partial charge in [0.1, 0.15) is 42.7 Å². The van der Waals surface area contributed by atoms with E-state index in [9.17, 15) is 35.4 Å². The molecular formula is C19H27NO10. The van der Waals surface area contributed by atoms with E-state index in [1.807, 2.05) is 0 Å². The highest BCUT2D eigenvalue weighted by molar-refractivity contribution is 5.82. The van der Waals surface area contributed by atoms with Gasteiger partial charge >= 0.3 is 5.97 Å². The fourth-order valence-corrected chi connectivity index (χ4v) is 3.34. The molecular weight excluding hydrogens is 402 g/mol. The van der Waals surface area contributed by atoms with Gasteiger partial charge in [-0.25, -0.2) is 4.79 Å². The van der Waals surface area contributed by atoms with Gasteiger partial charge in [0, 0.05) is 24.1 Å². The molecule has 1 aliphatic carbocycles. The van der Waals surface area contributed by atoms with Gasteiger partial charge in [-0.1, -0.05) is 5.57 Å². The number of nitrogens with zero attached hydrogens (tertiary/aromatic N) is 1. The maximum Gasteiger partial charge on any atom is 0.331 e. The van der Waals surface area contributed by atoms with E-state index in [-0.39, 0.29) is 12.0 Å². The van der Waals surface area contributed by atoms with Crippen molar-refractivity contribution in [3.05, 3.63) is 23.3 Å². The van der Waals surface area contributed by atoms with E-state index in [1.54, 1.807) is 19.9 Å². The van der Waals surface area contributed by atoms with Crippen LogP contribution in [0.1, 0.15) is 20.3 Å². The van der Waals surface area contributed by atoms with Gasteiger partial charge in [0.2, 0.25) is 0 Å². The topological polar surface area (TPSA) is 190 Å². The van der Waals surface area contributed by atoms with E-state index in [0.29, 0.717) is 5.57 Å². The van der Waals surface area contributed by atoms with Crippen LogP contribution in [0.3, 0.4) is 0 Å². The minimum Gasteiger partial charge on any atom is -0.456 e. The number of hydrogen-bond donors (Lipinski definition) is 6. The number of carbonyl (C=O) groups is 1. The summed E-state index contributed by atoms with van der Waals surface area (Å²) in [6.07, 6.45) is -11.3.